The number of primary amides is 1. The van der Waals surface area contributed by atoms with Crippen LogP contribution in [0, 0.1) is 5.92 Å². The molecule has 17 heavy (non-hydrogen) atoms. The summed E-state index contributed by atoms with van der Waals surface area (Å²) in [7, 11) is 0. The maximum atomic E-state index is 10.7. The van der Waals surface area contributed by atoms with Crippen LogP contribution in [0.1, 0.15) is 19.8 Å². The number of likely N-dealkylation sites (tertiary alicyclic amines) is 1. The topological polar surface area (TPSA) is 84.7 Å². The van der Waals surface area contributed by atoms with Crippen LogP contribution in [0.2, 0.25) is 0 Å². The molecule has 0 aliphatic carbocycles. The van der Waals surface area contributed by atoms with E-state index in [1.54, 1.807) is 0 Å². The van der Waals surface area contributed by atoms with E-state index in [1.165, 1.54) is 32.2 Å². The monoisotopic (exact) mass is 406 g/mol. The molecule has 1 atom stereocenters. The van der Waals surface area contributed by atoms with Crippen molar-refractivity contribution in [1.82, 2.24) is 4.90 Å². The molecule has 1 saturated heterocycles. The molecule has 0 aromatic rings. The third-order valence-corrected chi connectivity index (χ3v) is 3.38. The van der Waals surface area contributed by atoms with Crippen LogP contribution in [0.25, 0.3) is 0 Å². The Balaban J connectivity index is 2.79. The number of nitrogens with zero attached hydrogens (tertiary/aromatic N) is 2. The molecule has 1 fully saturated rings. The second kappa shape index (κ2) is 6.70. The van der Waals surface area contributed by atoms with Crippen molar-refractivity contribution >= 4 is 16.1 Å². The summed E-state index contributed by atoms with van der Waals surface area (Å²) < 4.78 is 1.99. The van der Waals surface area contributed by atoms with Gasteiger partial charge in [0.15, 0.2) is 0 Å². The molecule has 1 amide bonds. The number of hydrogen-bond acceptors (Lipinski definition) is 3. The van der Waals surface area contributed by atoms with Crippen molar-refractivity contribution in [3.63, 3.8) is 0 Å². The number of rotatable bonds is 3. The molecule has 94 valence electrons. The summed E-state index contributed by atoms with van der Waals surface area (Å²) in [5.41, 5.74) is 10.7. The van der Waals surface area contributed by atoms with E-state index in [-0.39, 0.29) is 5.82 Å². The predicted molar refractivity (Wildman–Crippen MR) is 64.9 cm³/mol. The van der Waals surface area contributed by atoms with Gasteiger partial charge in [-0.3, -0.25) is 0 Å². The molecule has 6 heteroatoms. The van der Waals surface area contributed by atoms with Crippen LogP contribution in [-0.2, 0) is 24.1 Å². The normalized spacial score (nSPS) is 22.4. The first kappa shape index (κ1) is 14.1. The number of piperidine rings is 1. The predicted octanol–water partition coefficient (Wildman–Crippen LogP) is -0.249. The standard InChI is InChI=1S/C11H18N4O.W/c1-8-4-3-5-15(7-8)9(2)14-10(12)6-11(13)16;/h2,6,8H,3-5,7,12H2,1H3,(H2,13,16);/b10-6?,14-9+;. The molecule has 1 heterocycles. The molecular weight excluding hydrogens is 388 g/mol. The van der Waals surface area contributed by atoms with E-state index in [2.05, 4.69) is 16.8 Å². The molecule has 1 unspecified atom stereocenters. The van der Waals surface area contributed by atoms with Gasteiger partial charge in [-0.05, 0) is 0 Å². The van der Waals surface area contributed by atoms with Crippen LogP contribution in [0.3, 0.4) is 0 Å². The number of nitrogens with two attached hydrogens (primary N) is 2. The summed E-state index contributed by atoms with van der Waals surface area (Å²) >= 11 is 1.31. The van der Waals surface area contributed by atoms with Gasteiger partial charge in [0.05, 0.1) is 0 Å². The van der Waals surface area contributed by atoms with Crippen molar-refractivity contribution in [3.05, 3.63) is 11.9 Å². The van der Waals surface area contributed by atoms with Gasteiger partial charge in [0, 0.05) is 0 Å². The van der Waals surface area contributed by atoms with Gasteiger partial charge in [-0.1, -0.05) is 0 Å². The Labute approximate surface area is 112 Å². The van der Waals surface area contributed by atoms with Gasteiger partial charge in [-0.2, -0.15) is 0 Å². The minimum absolute atomic E-state index is 0.170. The molecule has 0 saturated carbocycles. The van der Waals surface area contributed by atoms with Gasteiger partial charge in [0.25, 0.3) is 0 Å². The number of hydrogen-bond donors (Lipinski definition) is 2. The van der Waals surface area contributed by atoms with E-state index >= 15 is 0 Å². The first-order valence-corrected chi connectivity index (χ1v) is 7.27. The summed E-state index contributed by atoms with van der Waals surface area (Å²) in [6.07, 6.45) is 3.57. The SMILES string of the molecule is CC1CCCN(/C([CH]=[W])=N/C(N)=CC(N)=O)C1. The molecule has 1 aliphatic rings. The van der Waals surface area contributed by atoms with Crippen LogP contribution in [0.4, 0.5) is 0 Å². The molecule has 5 nitrogen and oxygen atoms in total. The molecule has 4 N–H and O–H groups in total. The fourth-order valence-electron chi connectivity index (χ4n) is 1.88. The van der Waals surface area contributed by atoms with Gasteiger partial charge in [0.2, 0.25) is 0 Å². The molecule has 0 spiro atoms. The molecule has 0 radical (unpaired) electrons. The number of carbonyl (C=O) groups excluding carboxylic acids is 1. The summed E-state index contributed by atoms with van der Waals surface area (Å²) in [5.74, 6) is 1.12. The Hall–Kier alpha value is -0.962. The van der Waals surface area contributed by atoms with Crippen LogP contribution < -0.4 is 11.5 Å². The van der Waals surface area contributed by atoms with E-state index in [4.69, 9.17) is 11.5 Å². The van der Waals surface area contributed by atoms with Gasteiger partial charge in [-0.25, -0.2) is 0 Å². The summed E-state index contributed by atoms with van der Waals surface area (Å²) in [5, 5.41) is 0. The van der Waals surface area contributed by atoms with E-state index in [0.29, 0.717) is 5.92 Å². The zero-order valence-electron chi connectivity index (χ0n) is 9.93. The Morgan fingerprint density at radius 3 is 2.76 bits per heavy atom. The molecular formula is C11H18N4OW. The Bertz CT molecular complexity index is 364. The average molecular weight is 406 g/mol. The van der Waals surface area contributed by atoms with Crippen LogP contribution in [-0.4, -0.2) is 34.1 Å². The second-order valence-electron chi connectivity index (χ2n) is 4.25. The first-order chi connectivity index (χ1) is 8.02. The van der Waals surface area contributed by atoms with Gasteiger partial charge in [0.1, 0.15) is 0 Å². The average Bonchev–Trinajstić information content (AvgIpc) is 2.24. The van der Waals surface area contributed by atoms with Crippen molar-refractivity contribution < 1.29 is 24.1 Å². The maximum absolute atomic E-state index is 10.7. The second-order valence-corrected chi connectivity index (χ2v) is 5.10. The van der Waals surface area contributed by atoms with Crippen LogP contribution in [0.15, 0.2) is 16.9 Å². The molecule has 0 bridgehead atoms. The van der Waals surface area contributed by atoms with Gasteiger partial charge in [-0.15, -0.1) is 0 Å². The van der Waals surface area contributed by atoms with Gasteiger partial charge >= 0.3 is 112 Å². The third kappa shape index (κ3) is 4.82. The first-order valence-electron chi connectivity index (χ1n) is 5.58. The quantitative estimate of drug-likeness (QED) is 0.385. The third-order valence-electron chi connectivity index (χ3n) is 2.62. The van der Waals surface area contributed by atoms with Crippen LogP contribution >= 0.6 is 0 Å². The van der Waals surface area contributed by atoms with E-state index in [0.717, 1.165) is 25.0 Å². The zero-order valence-corrected chi connectivity index (χ0v) is 12.9. The Morgan fingerprint density at radius 1 is 1.53 bits per heavy atom. The summed E-state index contributed by atoms with van der Waals surface area (Å²) in [6.45, 7) is 4.22. The molecule has 1 aliphatic heterocycles. The molecule has 0 aromatic carbocycles. The van der Waals surface area contributed by atoms with E-state index in [1.807, 2.05) is 4.40 Å². The summed E-state index contributed by atoms with van der Waals surface area (Å²) in [6, 6.07) is 0. The number of aliphatic imine (C=N–C) groups is 1. The Morgan fingerprint density at radius 2 is 2.24 bits per heavy atom. The number of amides is 1. The van der Waals surface area contributed by atoms with Crippen molar-refractivity contribution in [2.24, 2.45) is 22.4 Å². The number of amidine groups is 1. The molecule has 0 aromatic heterocycles. The van der Waals surface area contributed by atoms with Crippen molar-refractivity contribution in [2.45, 2.75) is 19.8 Å². The van der Waals surface area contributed by atoms with E-state index in [9.17, 15) is 4.79 Å². The fourth-order valence-corrected chi connectivity index (χ4v) is 2.60. The van der Waals surface area contributed by atoms with Crippen LogP contribution in [0.5, 0.6) is 0 Å². The van der Waals surface area contributed by atoms with Gasteiger partial charge < -0.3 is 0 Å². The van der Waals surface area contributed by atoms with Crippen molar-refractivity contribution in [2.75, 3.05) is 13.1 Å². The Kier molecular flexibility index (Phi) is 5.55. The van der Waals surface area contributed by atoms with Crippen molar-refractivity contribution in [1.29, 1.82) is 0 Å². The summed E-state index contributed by atoms with van der Waals surface area (Å²) in [4.78, 5) is 17.1. The zero-order chi connectivity index (χ0) is 12.8. The van der Waals surface area contributed by atoms with E-state index < -0.39 is 5.91 Å². The van der Waals surface area contributed by atoms with Crippen molar-refractivity contribution in [3.8, 4) is 0 Å². The molecule has 1 rings (SSSR count). The minimum atomic E-state index is -0.568. The number of carbonyl (C=O) groups is 1. The fraction of sp³-hybridized carbons (Fsp3) is 0.545.